The van der Waals surface area contributed by atoms with Crippen LogP contribution in [0.15, 0.2) is 24.3 Å². The molecule has 1 saturated carbocycles. The second-order valence-corrected chi connectivity index (χ2v) is 5.40. The Bertz CT molecular complexity index is 557. The van der Waals surface area contributed by atoms with Crippen LogP contribution in [0.3, 0.4) is 0 Å². The maximum atomic E-state index is 9.54. The Morgan fingerprint density at radius 1 is 1.15 bits per heavy atom. The van der Waals surface area contributed by atoms with Crippen LogP contribution in [0.2, 0.25) is 0 Å². The molecule has 1 aromatic carbocycles. The highest BCUT2D eigenvalue weighted by Crippen LogP contribution is 2.22. The topological polar surface area (TPSA) is 75.9 Å². The average molecular weight is 273 g/mol. The summed E-state index contributed by atoms with van der Waals surface area (Å²) in [6.45, 7) is 2.05. The third kappa shape index (κ3) is 2.80. The average Bonchev–Trinajstić information content (AvgIpc) is 2.90. The molecule has 0 aliphatic heterocycles. The molecule has 1 heterocycles. The van der Waals surface area contributed by atoms with E-state index in [1.54, 1.807) is 4.68 Å². The first kappa shape index (κ1) is 13.1. The zero-order valence-electron chi connectivity index (χ0n) is 11.5. The summed E-state index contributed by atoms with van der Waals surface area (Å²) in [5.41, 5.74) is 2.15. The van der Waals surface area contributed by atoms with Crippen molar-refractivity contribution in [1.29, 1.82) is 0 Å². The van der Waals surface area contributed by atoms with Crippen LogP contribution < -0.4 is 5.32 Å². The van der Waals surface area contributed by atoms with Crippen LogP contribution in [-0.2, 0) is 0 Å². The van der Waals surface area contributed by atoms with E-state index in [9.17, 15) is 5.11 Å². The molecule has 6 heteroatoms. The Labute approximate surface area is 117 Å². The van der Waals surface area contributed by atoms with Crippen LogP contribution in [0.5, 0.6) is 0 Å². The summed E-state index contributed by atoms with van der Waals surface area (Å²) in [5, 5.41) is 24.8. The lowest BCUT2D eigenvalue weighted by Crippen LogP contribution is -2.29. The van der Waals surface area contributed by atoms with E-state index in [2.05, 4.69) is 27.8 Å². The minimum atomic E-state index is -0.152. The highest BCUT2D eigenvalue weighted by Gasteiger charge is 2.21. The fraction of sp³-hybridized carbons (Fsp3) is 0.500. The molecule has 2 N–H and O–H groups in total. The van der Waals surface area contributed by atoms with Crippen molar-refractivity contribution in [2.24, 2.45) is 0 Å². The van der Waals surface area contributed by atoms with Gasteiger partial charge in [0.2, 0.25) is 5.95 Å². The van der Waals surface area contributed by atoms with Gasteiger partial charge in [0.05, 0.1) is 11.8 Å². The Kier molecular flexibility index (Phi) is 3.64. The van der Waals surface area contributed by atoms with E-state index >= 15 is 0 Å². The number of anilines is 1. The van der Waals surface area contributed by atoms with Crippen LogP contribution in [0, 0.1) is 6.92 Å². The van der Waals surface area contributed by atoms with Crippen LogP contribution in [0.25, 0.3) is 5.69 Å². The van der Waals surface area contributed by atoms with Gasteiger partial charge in [-0.25, -0.2) is 0 Å². The number of hydrogen-bond donors (Lipinski definition) is 2. The van der Waals surface area contributed by atoms with Gasteiger partial charge in [-0.15, -0.1) is 0 Å². The van der Waals surface area contributed by atoms with E-state index in [1.807, 2.05) is 24.3 Å². The van der Waals surface area contributed by atoms with E-state index in [-0.39, 0.29) is 6.10 Å². The van der Waals surface area contributed by atoms with Gasteiger partial charge in [0.1, 0.15) is 0 Å². The molecule has 1 aliphatic carbocycles. The van der Waals surface area contributed by atoms with Gasteiger partial charge in [-0.3, -0.25) is 0 Å². The number of aromatic nitrogens is 4. The number of rotatable bonds is 3. The van der Waals surface area contributed by atoms with Gasteiger partial charge in [0, 0.05) is 6.04 Å². The second-order valence-electron chi connectivity index (χ2n) is 5.40. The zero-order chi connectivity index (χ0) is 13.9. The number of nitrogens with zero attached hydrogens (tertiary/aromatic N) is 4. The van der Waals surface area contributed by atoms with Crippen LogP contribution in [-0.4, -0.2) is 37.5 Å². The van der Waals surface area contributed by atoms with Crippen LogP contribution >= 0.6 is 0 Å². The minimum absolute atomic E-state index is 0.152. The molecule has 2 aromatic rings. The quantitative estimate of drug-likeness (QED) is 0.890. The van der Waals surface area contributed by atoms with E-state index in [4.69, 9.17) is 0 Å². The number of tetrazole rings is 1. The van der Waals surface area contributed by atoms with Crippen molar-refractivity contribution in [3.05, 3.63) is 29.8 Å². The smallest absolute Gasteiger partial charge is 0.247 e. The molecule has 0 spiro atoms. The van der Waals surface area contributed by atoms with E-state index in [1.165, 1.54) is 5.56 Å². The molecule has 0 saturated heterocycles. The molecule has 0 amide bonds. The van der Waals surface area contributed by atoms with Gasteiger partial charge in [0.25, 0.3) is 0 Å². The highest BCUT2D eigenvalue weighted by atomic mass is 16.3. The normalized spacial score (nSPS) is 22.7. The number of hydrogen-bond acceptors (Lipinski definition) is 5. The van der Waals surface area contributed by atoms with Crippen LogP contribution in [0.4, 0.5) is 5.95 Å². The van der Waals surface area contributed by atoms with Gasteiger partial charge >= 0.3 is 0 Å². The summed E-state index contributed by atoms with van der Waals surface area (Å²) in [6.07, 6.45) is 3.42. The largest absolute Gasteiger partial charge is 0.393 e. The van der Waals surface area contributed by atoms with Crippen LogP contribution in [0.1, 0.15) is 31.2 Å². The van der Waals surface area contributed by atoms with Crippen molar-refractivity contribution >= 4 is 5.95 Å². The number of aliphatic hydroxyl groups is 1. The first-order chi connectivity index (χ1) is 9.72. The number of aliphatic hydroxyl groups excluding tert-OH is 1. The fourth-order valence-corrected chi connectivity index (χ4v) is 2.54. The Balaban J connectivity index is 1.75. The molecule has 0 unspecified atom stereocenters. The monoisotopic (exact) mass is 273 g/mol. The standard InChI is InChI=1S/C14H19N5O/c1-10-2-6-12(7-3-10)19-14(16-17-18-19)15-11-4-8-13(20)9-5-11/h2-3,6-7,11,13,20H,4-5,8-9H2,1H3,(H,15,16,18). The third-order valence-electron chi connectivity index (χ3n) is 3.78. The summed E-state index contributed by atoms with van der Waals surface area (Å²) < 4.78 is 1.71. The SMILES string of the molecule is Cc1ccc(-n2nnnc2NC2CCC(O)CC2)cc1. The van der Waals surface area contributed by atoms with Gasteiger partial charge in [-0.2, -0.15) is 4.68 Å². The van der Waals surface area contributed by atoms with E-state index in [0.717, 1.165) is 31.4 Å². The summed E-state index contributed by atoms with van der Waals surface area (Å²) in [4.78, 5) is 0. The molecule has 3 rings (SSSR count). The second kappa shape index (κ2) is 5.58. The van der Waals surface area contributed by atoms with Crippen molar-refractivity contribution in [2.45, 2.75) is 44.8 Å². The molecule has 0 atom stereocenters. The predicted octanol–water partition coefficient (Wildman–Crippen LogP) is 1.69. The lowest BCUT2D eigenvalue weighted by molar-refractivity contribution is 0.126. The van der Waals surface area contributed by atoms with Gasteiger partial charge in [-0.05, 0) is 55.2 Å². The molecular weight excluding hydrogens is 254 g/mol. The molecular formula is C14H19N5O. The molecule has 1 aliphatic rings. The maximum absolute atomic E-state index is 9.54. The van der Waals surface area contributed by atoms with Crippen molar-refractivity contribution < 1.29 is 5.11 Å². The van der Waals surface area contributed by atoms with E-state index < -0.39 is 0 Å². The molecule has 6 nitrogen and oxygen atoms in total. The van der Waals surface area contributed by atoms with Gasteiger partial charge in [0.15, 0.2) is 0 Å². The minimum Gasteiger partial charge on any atom is -0.393 e. The molecule has 20 heavy (non-hydrogen) atoms. The van der Waals surface area contributed by atoms with Crippen molar-refractivity contribution in [3.63, 3.8) is 0 Å². The number of aryl methyl sites for hydroxylation is 1. The van der Waals surface area contributed by atoms with Gasteiger partial charge < -0.3 is 10.4 Å². The predicted molar refractivity (Wildman–Crippen MR) is 75.8 cm³/mol. The molecule has 0 radical (unpaired) electrons. The number of nitrogens with one attached hydrogen (secondary N) is 1. The zero-order valence-corrected chi connectivity index (χ0v) is 11.5. The van der Waals surface area contributed by atoms with Crippen molar-refractivity contribution in [3.8, 4) is 5.69 Å². The Morgan fingerprint density at radius 2 is 1.85 bits per heavy atom. The van der Waals surface area contributed by atoms with Gasteiger partial charge in [-0.1, -0.05) is 22.8 Å². The molecule has 1 aromatic heterocycles. The molecule has 0 bridgehead atoms. The summed E-state index contributed by atoms with van der Waals surface area (Å²) >= 11 is 0. The van der Waals surface area contributed by atoms with Crippen molar-refractivity contribution in [2.75, 3.05) is 5.32 Å². The number of benzene rings is 1. The van der Waals surface area contributed by atoms with E-state index in [0.29, 0.717) is 12.0 Å². The first-order valence-electron chi connectivity index (χ1n) is 7.02. The molecule has 1 fully saturated rings. The lowest BCUT2D eigenvalue weighted by atomic mass is 9.93. The molecule has 106 valence electrons. The fourth-order valence-electron chi connectivity index (χ4n) is 2.54. The summed E-state index contributed by atoms with van der Waals surface area (Å²) in [6, 6.07) is 8.41. The summed E-state index contributed by atoms with van der Waals surface area (Å²) in [7, 11) is 0. The maximum Gasteiger partial charge on any atom is 0.247 e. The third-order valence-corrected chi connectivity index (χ3v) is 3.78. The van der Waals surface area contributed by atoms with Crippen molar-refractivity contribution in [1.82, 2.24) is 20.2 Å². The summed E-state index contributed by atoms with van der Waals surface area (Å²) in [5.74, 6) is 0.662. The highest BCUT2D eigenvalue weighted by molar-refractivity contribution is 5.40. The lowest BCUT2D eigenvalue weighted by Gasteiger charge is -2.26. The Morgan fingerprint density at radius 3 is 2.55 bits per heavy atom. The first-order valence-corrected chi connectivity index (χ1v) is 7.02. The Hall–Kier alpha value is -1.95.